The number of ether oxygens (including phenoxy) is 1. The van der Waals surface area contributed by atoms with Gasteiger partial charge in [-0.2, -0.15) is 0 Å². The van der Waals surface area contributed by atoms with Gasteiger partial charge in [0.15, 0.2) is 5.84 Å². The van der Waals surface area contributed by atoms with Crippen molar-refractivity contribution >= 4 is 17.4 Å². The number of oxime groups is 1. The van der Waals surface area contributed by atoms with E-state index in [0.29, 0.717) is 26.1 Å². The van der Waals surface area contributed by atoms with Crippen LogP contribution in [0.1, 0.15) is 12.8 Å². The molecule has 0 atom stereocenters. The molecule has 6 nitrogen and oxygen atoms in total. The lowest BCUT2D eigenvalue weighted by molar-refractivity contribution is -0.128. The number of anilines is 1. The van der Waals surface area contributed by atoms with Gasteiger partial charge in [-0.15, -0.1) is 0 Å². The first-order valence-corrected chi connectivity index (χ1v) is 6.51. The van der Waals surface area contributed by atoms with Crippen LogP contribution in [0.2, 0.25) is 0 Å². The second-order valence-electron chi connectivity index (χ2n) is 4.88. The molecular weight excluding hydrogens is 258 g/mol. The van der Waals surface area contributed by atoms with Gasteiger partial charge in [0.05, 0.1) is 0 Å². The second kappa shape index (κ2) is 5.92. The summed E-state index contributed by atoms with van der Waals surface area (Å²) in [6, 6.07) is 9.29. The van der Waals surface area contributed by atoms with Crippen molar-refractivity contribution in [1.82, 2.24) is 0 Å². The monoisotopic (exact) mass is 277 g/mol. The molecule has 108 valence electrons. The number of carbonyl (C=O) groups is 1. The van der Waals surface area contributed by atoms with E-state index in [1.807, 2.05) is 30.3 Å². The average Bonchev–Trinajstić information content (AvgIpc) is 2.54. The lowest BCUT2D eigenvalue weighted by Crippen LogP contribution is -2.53. The van der Waals surface area contributed by atoms with Crippen LogP contribution in [0, 0.1) is 5.41 Å². The fourth-order valence-corrected chi connectivity index (χ4v) is 2.49. The summed E-state index contributed by atoms with van der Waals surface area (Å²) in [5.41, 5.74) is 5.58. The van der Waals surface area contributed by atoms with Crippen LogP contribution in [0.25, 0.3) is 0 Å². The molecule has 1 saturated heterocycles. The molecule has 0 aromatic heterocycles. The van der Waals surface area contributed by atoms with Crippen molar-refractivity contribution in [2.24, 2.45) is 16.3 Å². The minimum absolute atomic E-state index is 0.0476. The van der Waals surface area contributed by atoms with Crippen LogP contribution in [0.15, 0.2) is 35.5 Å². The predicted octanol–water partition coefficient (Wildman–Crippen LogP) is 1.19. The van der Waals surface area contributed by atoms with Gasteiger partial charge in [0.25, 0.3) is 0 Å². The fourth-order valence-electron chi connectivity index (χ4n) is 2.49. The van der Waals surface area contributed by atoms with Crippen LogP contribution in [-0.4, -0.2) is 37.2 Å². The molecule has 20 heavy (non-hydrogen) atoms. The highest BCUT2D eigenvalue weighted by molar-refractivity contribution is 6.12. The number of nitrogens with two attached hydrogens (primary N) is 1. The maximum absolute atomic E-state index is 12.8. The van der Waals surface area contributed by atoms with E-state index < -0.39 is 5.41 Å². The van der Waals surface area contributed by atoms with Gasteiger partial charge in [0, 0.05) is 25.9 Å². The maximum atomic E-state index is 12.8. The summed E-state index contributed by atoms with van der Waals surface area (Å²) in [4.78, 5) is 14.4. The zero-order chi connectivity index (χ0) is 14.6. The number of carbonyl (C=O) groups excluding carboxylic acids is 1. The first-order chi connectivity index (χ1) is 9.62. The Kier molecular flexibility index (Phi) is 4.24. The van der Waals surface area contributed by atoms with Crippen LogP contribution in [0.3, 0.4) is 0 Å². The molecule has 0 aliphatic carbocycles. The van der Waals surface area contributed by atoms with Crippen molar-refractivity contribution in [3.8, 4) is 0 Å². The van der Waals surface area contributed by atoms with Gasteiger partial charge in [-0.05, 0) is 25.0 Å². The largest absolute Gasteiger partial charge is 0.409 e. The lowest BCUT2D eigenvalue weighted by Gasteiger charge is -2.37. The highest BCUT2D eigenvalue weighted by atomic mass is 16.5. The van der Waals surface area contributed by atoms with Crippen LogP contribution in [0.5, 0.6) is 0 Å². The van der Waals surface area contributed by atoms with Crippen molar-refractivity contribution in [1.29, 1.82) is 0 Å². The van der Waals surface area contributed by atoms with Gasteiger partial charge < -0.3 is 20.6 Å². The predicted molar refractivity (Wildman–Crippen MR) is 75.7 cm³/mol. The third kappa shape index (κ3) is 2.46. The Labute approximate surface area is 117 Å². The Morgan fingerprint density at radius 2 is 1.95 bits per heavy atom. The highest BCUT2D eigenvalue weighted by Crippen LogP contribution is 2.34. The summed E-state index contributed by atoms with van der Waals surface area (Å²) < 4.78 is 5.29. The molecule has 1 heterocycles. The molecule has 1 aromatic carbocycles. The smallest absolute Gasteiger partial charge is 0.240 e. The number of nitrogens with zero attached hydrogens (tertiary/aromatic N) is 2. The third-order valence-corrected chi connectivity index (χ3v) is 3.80. The van der Waals surface area contributed by atoms with Gasteiger partial charge in [0.2, 0.25) is 5.91 Å². The SMILES string of the molecule is CN(C(=O)C1(C(N)=NO)CCOCC1)c1ccccc1. The quantitative estimate of drug-likeness (QED) is 0.376. The molecule has 2 rings (SSSR count). The molecule has 0 unspecified atom stereocenters. The van der Waals surface area contributed by atoms with E-state index in [0.717, 1.165) is 5.69 Å². The van der Waals surface area contributed by atoms with E-state index in [9.17, 15) is 4.79 Å². The van der Waals surface area contributed by atoms with Gasteiger partial charge in [-0.25, -0.2) is 0 Å². The Bertz CT molecular complexity index is 496. The first-order valence-electron chi connectivity index (χ1n) is 6.51. The summed E-state index contributed by atoms with van der Waals surface area (Å²) >= 11 is 0. The fraction of sp³-hybridized carbons (Fsp3) is 0.429. The molecule has 0 radical (unpaired) electrons. The van der Waals surface area contributed by atoms with Crippen LogP contribution in [-0.2, 0) is 9.53 Å². The van der Waals surface area contributed by atoms with E-state index >= 15 is 0 Å². The number of amides is 1. The Morgan fingerprint density at radius 3 is 2.50 bits per heavy atom. The summed E-state index contributed by atoms with van der Waals surface area (Å²) in [5.74, 6) is -0.226. The molecular formula is C14H19N3O3. The van der Waals surface area contributed by atoms with Crippen molar-refractivity contribution in [3.63, 3.8) is 0 Å². The second-order valence-corrected chi connectivity index (χ2v) is 4.88. The number of para-hydroxylation sites is 1. The van der Waals surface area contributed by atoms with Crippen molar-refractivity contribution in [3.05, 3.63) is 30.3 Å². The van der Waals surface area contributed by atoms with Crippen LogP contribution < -0.4 is 10.6 Å². The molecule has 1 aliphatic rings. The molecule has 1 amide bonds. The van der Waals surface area contributed by atoms with Crippen LogP contribution >= 0.6 is 0 Å². The van der Waals surface area contributed by atoms with Crippen molar-refractivity contribution in [2.45, 2.75) is 12.8 Å². The number of hydrogen-bond acceptors (Lipinski definition) is 4. The Morgan fingerprint density at radius 1 is 1.35 bits per heavy atom. The number of benzene rings is 1. The lowest BCUT2D eigenvalue weighted by atomic mass is 9.77. The minimum atomic E-state index is -0.989. The van der Waals surface area contributed by atoms with Gasteiger partial charge in [0.1, 0.15) is 5.41 Å². The van der Waals surface area contributed by atoms with Gasteiger partial charge in [-0.1, -0.05) is 23.4 Å². The average molecular weight is 277 g/mol. The first kappa shape index (κ1) is 14.3. The molecule has 1 aromatic rings. The zero-order valence-electron chi connectivity index (χ0n) is 11.5. The normalized spacial score (nSPS) is 18.6. The topological polar surface area (TPSA) is 88.2 Å². The summed E-state index contributed by atoms with van der Waals surface area (Å²) in [6.45, 7) is 0.842. The highest BCUT2D eigenvalue weighted by Gasteiger charge is 2.46. The molecule has 0 bridgehead atoms. The maximum Gasteiger partial charge on any atom is 0.240 e. The molecule has 1 fully saturated rings. The van der Waals surface area contributed by atoms with Crippen molar-refractivity contribution < 1.29 is 14.7 Å². The molecule has 3 N–H and O–H groups in total. The third-order valence-electron chi connectivity index (χ3n) is 3.80. The van der Waals surface area contributed by atoms with E-state index in [1.165, 1.54) is 0 Å². The van der Waals surface area contributed by atoms with Gasteiger partial charge in [-0.3, -0.25) is 4.79 Å². The molecule has 0 spiro atoms. The van der Waals surface area contributed by atoms with E-state index in [4.69, 9.17) is 15.7 Å². The number of hydrogen-bond donors (Lipinski definition) is 2. The minimum Gasteiger partial charge on any atom is -0.409 e. The van der Waals surface area contributed by atoms with Crippen LogP contribution in [0.4, 0.5) is 5.69 Å². The Balaban J connectivity index is 2.32. The van der Waals surface area contributed by atoms with E-state index in [-0.39, 0.29) is 11.7 Å². The number of amidine groups is 1. The zero-order valence-corrected chi connectivity index (χ0v) is 11.5. The van der Waals surface area contributed by atoms with Gasteiger partial charge >= 0.3 is 0 Å². The van der Waals surface area contributed by atoms with E-state index in [1.54, 1.807) is 11.9 Å². The summed E-state index contributed by atoms with van der Waals surface area (Å²) in [6.07, 6.45) is 0.831. The Hall–Kier alpha value is -2.08. The molecule has 1 aliphatic heterocycles. The van der Waals surface area contributed by atoms with E-state index in [2.05, 4.69) is 5.16 Å². The molecule has 6 heteroatoms. The molecule has 0 saturated carbocycles. The number of rotatable bonds is 3. The summed E-state index contributed by atoms with van der Waals surface area (Å²) in [7, 11) is 1.69. The standard InChI is InChI=1S/C14H19N3O3/c1-17(11-5-3-2-4-6-11)13(18)14(12(15)16-19)7-9-20-10-8-14/h2-6,19H,7-10H2,1H3,(H2,15,16). The summed E-state index contributed by atoms with van der Waals surface area (Å²) in [5, 5.41) is 12.1. The van der Waals surface area contributed by atoms with Crippen molar-refractivity contribution in [2.75, 3.05) is 25.2 Å².